The van der Waals surface area contributed by atoms with Gasteiger partial charge in [-0.05, 0) is 43.8 Å². The summed E-state index contributed by atoms with van der Waals surface area (Å²) in [4.78, 5) is 0. The first-order valence-corrected chi connectivity index (χ1v) is 9.83. The van der Waals surface area contributed by atoms with Crippen LogP contribution in [0.2, 0.25) is 5.02 Å². The van der Waals surface area contributed by atoms with E-state index in [2.05, 4.69) is 54.9 Å². The molecule has 4 rings (SSSR count). The van der Waals surface area contributed by atoms with E-state index in [1.54, 1.807) is 11.3 Å². The van der Waals surface area contributed by atoms with E-state index in [0.717, 1.165) is 27.4 Å². The zero-order valence-electron chi connectivity index (χ0n) is 14.9. The third kappa shape index (κ3) is 2.49. The predicted octanol–water partition coefficient (Wildman–Crippen LogP) is 6.20. The van der Waals surface area contributed by atoms with Crippen LogP contribution in [0.5, 0.6) is 0 Å². The monoisotopic (exact) mass is 371 g/mol. The summed E-state index contributed by atoms with van der Waals surface area (Å²) in [7, 11) is 0. The van der Waals surface area contributed by atoms with Crippen molar-refractivity contribution in [3.63, 3.8) is 0 Å². The molecule has 1 aliphatic heterocycles. The van der Waals surface area contributed by atoms with Crippen molar-refractivity contribution in [3.05, 3.63) is 51.9 Å². The van der Waals surface area contributed by atoms with Gasteiger partial charge >= 0.3 is 0 Å². The fraction of sp³-hybridized carbons (Fsp3) is 0.333. The molecule has 0 bridgehead atoms. The van der Waals surface area contributed by atoms with Gasteiger partial charge in [0.2, 0.25) is 0 Å². The Balaban J connectivity index is 1.98. The van der Waals surface area contributed by atoms with Crippen molar-refractivity contribution in [1.82, 2.24) is 0 Å². The summed E-state index contributed by atoms with van der Waals surface area (Å²) in [6.45, 7) is 8.24. The number of benzene rings is 2. The number of aliphatic hydroxyl groups excluding tert-OH is 1. The van der Waals surface area contributed by atoms with Crippen LogP contribution in [-0.2, 0) is 0 Å². The number of halogens is 1. The molecular weight excluding hydrogens is 350 g/mol. The molecule has 2 N–H and O–H groups in total. The Morgan fingerprint density at radius 1 is 1.20 bits per heavy atom. The molecule has 3 aromatic rings. The molecule has 130 valence electrons. The third-order valence-corrected chi connectivity index (χ3v) is 6.75. The topological polar surface area (TPSA) is 32.3 Å². The van der Waals surface area contributed by atoms with Crippen molar-refractivity contribution < 1.29 is 5.11 Å². The number of rotatable bonds is 1. The van der Waals surface area contributed by atoms with E-state index in [1.807, 2.05) is 13.8 Å². The van der Waals surface area contributed by atoms with Gasteiger partial charge in [0, 0.05) is 38.4 Å². The van der Waals surface area contributed by atoms with Crippen LogP contribution < -0.4 is 5.32 Å². The summed E-state index contributed by atoms with van der Waals surface area (Å²) in [5, 5.41) is 18.4. The summed E-state index contributed by atoms with van der Waals surface area (Å²) >= 11 is 8.64. The lowest BCUT2D eigenvalue weighted by molar-refractivity contribution is 0.0869. The second-order valence-electron chi connectivity index (χ2n) is 7.57. The maximum Gasteiger partial charge on any atom is 0.0831 e. The number of anilines is 1. The molecule has 0 aliphatic carbocycles. The number of hydrogen-bond donors (Lipinski definition) is 2. The van der Waals surface area contributed by atoms with E-state index in [9.17, 15) is 5.11 Å². The van der Waals surface area contributed by atoms with Gasteiger partial charge in [-0.15, -0.1) is 11.3 Å². The quantitative estimate of drug-likeness (QED) is 0.533. The molecule has 25 heavy (non-hydrogen) atoms. The van der Waals surface area contributed by atoms with Gasteiger partial charge in [0.05, 0.1) is 16.7 Å². The van der Waals surface area contributed by atoms with E-state index in [0.29, 0.717) is 0 Å². The van der Waals surface area contributed by atoms with Crippen LogP contribution in [0.15, 0.2) is 35.7 Å². The van der Waals surface area contributed by atoms with Crippen LogP contribution in [0.25, 0.3) is 21.2 Å². The van der Waals surface area contributed by atoms with Crippen LogP contribution in [-0.4, -0.2) is 16.7 Å². The molecule has 2 aromatic carbocycles. The highest BCUT2D eigenvalue weighted by Crippen LogP contribution is 2.49. The fourth-order valence-electron chi connectivity index (χ4n) is 3.97. The average Bonchev–Trinajstić information content (AvgIpc) is 2.99. The van der Waals surface area contributed by atoms with Crippen molar-refractivity contribution in [2.75, 3.05) is 5.32 Å². The lowest BCUT2D eigenvalue weighted by atomic mass is 9.77. The van der Waals surface area contributed by atoms with Crippen LogP contribution in [0, 0.1) is 6.92 Å². The SMILES string of the molecule is Cc1cc(-c2csc3ccccc23)c(Cl)c2c1NC(C)(C)C(O)C2C. The Morgan fingerprint density at radius 2 is 1.92 bits per heavy atom. The van der Waals surface area contributed by atoms with Gasteiger partial charge < -0.3 is 10.4 Å². The predicted molar refractivity (Wildman–Crippen MR) is 109 cm³/mol. The lowest BCUT2D eigenvalue weighted by Gasteiger charge is -2.43. The third-order valence-electron chi connectivity index (χ3n) is 5.38. The van der Waals surface area contributed by atoms with Gasteiger partial charge in [-0.1, -0.05) is 36.7 Å². The van der Waals surface area contributed by atoms with Crippen LogP contribution >= 0.6 is 22.9 Å². The smallest absolute Gasteiger partial charge is 0.0831 e. The highest BCUT2D eigenvalue weighted by molar-refractivity contribution is 7.17. The molecule has 2 unspecified atom stereocenters. The molecule has 1 aliphatic rings. The Hall–Kier alpha value is -1.55. The first-order chi connectivity index (χ1) is 11.8. The molecule has 1 aromatic heterocycles. The standard InChI is InChI=1S/C21H22ClNOS/c1-11-9-14(15-10-25-16-8-6-5-7-13(15)16)18(22)17-12(2)20(24)21(3,4)23-19(11)17/h5-10,12,20,23-24H,1-4H3. The molecule has 0 fully saturated rings. The first kappa shape index (κ1) is 16.9. The highest BCUT2D eigenvalue weighted by atomic mass is 35.5. The summed E-state index contributed by atoms with van der Waals surface area (Å²) < 4.78 is 1.26. The van der Waals surface area contributed by atoms with Gasteiger partial charge in [-0.3, -0.25) is 0 Å². The molecule has 0 radical (unpaired) electrons. The number of hydrogen-bond acceptors (Lipinski definition) is 3. The van der Waals surface area contributed by atoms with Crippen molar-refractivity contribution in [3.8, 4) is 11.1 Å². The minimum Gasteiger partial charge on any atom is -0.390 e. The highest BCUT2D eigenvalue weighted by Gasteiger charge is 2.40. The molecular formula is C21H22ClNOS. The largest absolute Gasteiger partial charge is 0.390 e. The van der Waals surface area contributed by atoms with Gasteiger partial charge in [-0.25, -0.2) is 0 Å². The molecule has 0 saturated heterocycles. The van der Waals surface area contributed by atoms with Gasteiger partial charge in [0.1, 0.15) is 0 Å². The van der Waals surface area contributed by atoms with Crippen molar-refractivity contribution >= 4 is 38.7 Å². The summed E-state index contributed by atoms with van der Waals surface area (Å²) in [6.07, 6.45) is -0.494. The average molecular weight is 372 g/mol. The Morgan fingerprint density at radius 3 is 2.68 bits per heavy atom. The van der Waals surface area contributed by atoms with Gasteiger partial charge in [0.25, 0.3) is 0 Å². The molecule has 4 heteroatoms. The van der Waals surface area contributed by atoms with Crippen molar-refractivity contribution in [2.45, 2.75) is 45.3 Å². The zero-order valence-corrected chi connectivity index (χ0v) is 16.4. The minimum atomic E-state index is -0.494. The number of aryl methyl sites for hydroxylation is 1. The zero-order chi connectivity index (χ0) is 17.9. The van der Waals surface area contributed by atoms with Crippen LogP contribution in [0.3, 0.4) is 0 Å². The van der Waals surface area contributed by atoms with E-state index in [1.165, 1.54) is 15.6 Å². The van der Waals surface area contributed by atoms with E-state index in [4.69, 9.17) is 11.6 Å². The minimum absolute atomic E-state index is 0.0256. The number of fused-ring (bicyclic) bond motifs is 2. The van der Waals surface area contributed by atoms with Gasteiger partial charge in [0.15, 0.2) is 0 Å². The second-order valence-corrected chi connectivity index (χ2v) is 8.86. The van der Waals surface area contributed by atoms with Crippen molar-refractivity contribution in [2.24, 2.45) is 0 Å². The first-order valence-electron chi connectivity index (χ1n) is 8.57. The normalized spacial score (nSPS) is 21.8. The van der Waals surface area contributed by atoms with E-state index < -0.39 is 6.10 Å². The van der Waals surface area contributed by atoms with E-state index >= 15 is 0 Å². The summed E-state index contributed by atoms with van der Waals surface area (Å²) in [5.74, 6) is -0.0256. The van der Waals surface area contributed by atoms with Crippen LogP contribution in [0.1, 0.15) is 37.8 Å². The molecule has 2 atom stereocenters. The number of thiophene rings is 1. The van der Waals surface area contributed by atoms with E-state index in [-0.39, 0.29) is 11.5 Å². The number of nitrogens with one attached hydrogen (secondary N) is 1. The Labute approximate surface area is 157 Å². The summed E-state index contributed by atoms with van der Waals surface area (Å²) in [5.41, 5.74) is 5.10. The Kier molecular flexibility index (Phi) is 3.87. The molecule has 2 nitrogen and oxygen atoms in total. The second kappa shape index (κ2) is 5.73. The summed E-state index contributed by atoms with van der Waals surface area (Å²) in [6, 6.07) is 10.6. The van der Waals surface area contributed by atoms with Crippen molar-refractivity contribution in [1.29, 1.82) is 0 Å². The molecule has 0 spiro atoms. The molecule has 0 saturated carbocycles. The fourth-order valence-corrected chi connectivity index (χ4v) is 5.36. The number of aliphatic hydroxyl groups is 1. The Bertz CT molecular complexity index is 975. The molecule has 2 heterocycles. The van der Waals surface area contributed by atoms with Gasteiger partial charge in [-0.2, -0.15) is 0 Å². The maximum atomic E-state index is 10.7. The lowest BCUT2D eigenvalue weighted by Crippen LogP contribution is -2.50. The maximum absolute atomic E-state index is 10.7. The van der Waals surface area contributed by atoms with Crippen LogP contribution in [0.4, 0.5) is 5.69 Å². The molecule has 0 amide bonds.